The van der Waals surface area contributed by atoms with E-state index >= 15 is 0 Å². The molecule has 0 bridgehead atoms. The predicted molar refractivity (Wildman–Crippen MR) is 108 cm³/mol. The lowest BCUT2D eigenvalue weighted by Gasteiger charge is -2.27. The minimum Gasteiger partial charge on any atom is -0.493 e. The summed E-state index contributed by atoms with van der Waals surface area (Å²) in [6.07, 6.45) is 3.07. The number of rotatable bonds is 9. The van der Waals surface area contributed by atoms with E-state index in [-0.39, 0.29) is 23.6 Å². The molecule has 2 N–H and O–H groups in total. The molecule has 1 aromatic carbocycles. The maximum absolute atomic E-state index is 12.6. The number of esters is 1. The van der Waals surface area contributed by atoms with E-state index in [1.807, 2.05) is 0 Å². The zero-order valence-electron chi connectivity index (χ0n) is 17.4. The molecule has 0 spiro atoms. The Morgan fingerprint density at radius 1 is 1.28 bits per heavy atom. The number of benzene rings is 1. The van der Waals surface area contributed by atoms with Crippen LogP contribution in [0.4, 0.5) is 0 Å². The molecule has 1 heterocycles. The van der Waals surface area contributed by atoms with Crippen LogP contribution in [-0.2, 0) is 14.3 Å². The van der Waals surface area contributed by atoms with Crippen molar-refractivity contribution < 1.29 is 23.7 Å². The maximum Gasteiger partial charge on any atom is 0.338 e. The van der Waals surface area contributed by atoms with Crippen molar-refractivity contribution in [1.82, 2.24) is 0 Å². The van der Waals surface area contributed by atoms with E-state index in [1.54, 1.807) is 39.2 Å². The molecule has 7 nitrogen and oxygen atoms in total. The van der Waals surface area contributed by atoms with Gasteiger partial charge in [-0.05, 0) is 38.0 Å². The fourth-order valence-corrected chi connectivity index (χ4v) is 3.21. The fourth-order valence-electron chi connectivity index (χ4n) is 3.21. The normalized spacial score (nSPS) is 16.2. The summed E-state index contributed by atoms with van der Waals surface area (Å²) < 4.78 is 21.9. The van der Waals surface area contributed by atoms with Crippen molar-refractivity contribution in [3.63, 3.8) is 0 Å². The van der Waals surface area contributed by atoms with Crippen LogP contribution in [0.3, 0.4) is 0 Å². The maximum atomic E-state index is 12.6. The van der Waals surface area contributed by atoms with Gasteiger partial charge in [-0.1, -0.05) is 25.8 Å². The van der Waals surface area contributed by atoms with Gasteiger partial charge in [-0.25, -0.2) is 4.79 Å². The van der Waals surface area contributed by atoms with Crippen LogP contribution in [0.2, 0.25) is 0 Å². The lowest BCUT2D eigenvalue weighted by molar-refractivity contribution is -0.139. The number of nitrogens with zero attached hydrogens (tertiary/aromatic N) is 1. The van der Waals surface area contributed by atoms with Gasteiger partial charge >= 0.3 is 5.97 Å². The molecule has 1 atom stereocenters. The van der Waals surface area contributed by atoms with Crippen LogP contribution >= 0.6 is 0 Å². The van der Waals surface area contributed by atoms with Gasteiger partial charge in [0.05, 0.1) is 31.8 Å². The second-order valence-electron chi connectivity index (χ2n) is 6.58. The largest absolute Gasteiger partial charge is 0.493 e. The molecule has 1 aliphatic rings. The van der Waals surface area contributed by atoms with Crippen molar-refractivity contribution in [2.24, 2.45) is 5.73 Å². The molecule has 0 saturated heterocycles. The van der Waals surface area contributed by atoms with Crippen LogP contribution in [0.15, 0.2) is 41.0 Å². The second kappa shape index (κ2) is 10.4. The highest BCUT2D eigenvalue weighted by Gasteiger charge is 2.36. The number of allylic oxidation sites excluding steroid dienone is 2. The van der Waals surface area contributed by atoms with Gasteiger partial charge in [-0.3, -0.25) is 0 Å². The average Bonchev–Trinajstić information content (AvgIpc) is 2.70. The summed E-state index contributed by atoms with van der Waals surface area (Å²) in [5, 5.41) is 9.68. The van der Waals surface area contributed by atoms with Crippen molar-refractivity contribution in [2.75, 3.05) is 20.3 Å². The summed E-state index contributed by atoms with van der Waals surface area (Å²) in [5.41, 5.74) is 7.02. The molecule has 0 amide bonds. The summed E-state index contributed by atoms with van der Waals surface area (Å²) in [5.74, 6) is 0.152. The number of hydrogen-bond acceptors (Lipinski definition) is 7. The van der Waals surface area contributed by atoms with E-state index in [2.05, 4.69) is 13.0 Å². The van der Waals surface area contributed by atoms with Gasteiger partial charge in [-0.2, -0.15) is 5.26 Å². The van der Waals surface area contributed by atoms with Gasteiger partial charge in [0.15, 0.2) is 11.5 Å². The number of hydrogen-bond donors (Lipinski definition) is 1. The van der Waals surface area contributed by atoms with Crippen LogP contribution in [0, 0.1) is 11.3 Å². The summed E-state index contributed by atoms with van der Waals surface area (Å²) in [7, 11) is 1.56. The summed E-state index contributed by atoms with van der Waals surface area (Å²) in [4.78, 5) is 12.6. The molecule has 0 fully saturated rings. The van der Waals surface area contributed by atoms with Gasteiger partial charge in [0.1, 0.15) is 17.4 Å². The van der Waals surface area contributed by atoms with Crippen LogP contribution in [0.5, 0.6) is 11.5 Å². The van der Waals surface area contributed by atoms with Crippen molar-refractivity contribution in [3.8, 4) is 17.6 Å². The van der Waals surface area contributed by atoms with Gasteiger partial charge in [0.25, 0.3) is 0 Å². The summed E-state index contributed by atoms with van der Waals surface area (Å²) in [6, 6.07) is 7.38. The van der Waals surface area contributed by atoms with Crippen molar-refractivity contribution >= 4 is 5.97 Å². The third-order valence-corrected chi connectivity index (χ3v) is 4.63. The Morgan fingerprint density at radius 3 is 2.66 bits per heavy atom. The first-order valence-corrected chi connectivity index (χ1v) is 9.74. The molecule has 156 valence electrons. The van der Waals surface area contributed by atoms with E-state index < -0.39 is 11.9 Å². The number of carbonyl (C=O) groups excluding carboxylic acids is 1. The lowest BCUT2D eigenvalue weighted by Crippen LogP contribution is -2.25. The first-order chi connectivity index (χ1) is 14.0. The van der Waals surface area contributed by atoms with Crippen molar-refractivity contribution in [1.29, 1.82) is 5.26 Å². The molecular weight excluding hydrogens is 372 g/mol. The Hall–Kier alpha value is -3.14. The van der Waals surface area contributed by atoms with E-state index in [0.29, 0.717) is 29.4 Å². The van der Waals surface area contributed by atoms with Crippen LogP contribution < -0.4 is 15.2 Å². The van der Waals surface area contributed by atoms with Crippen LogP contribution in [0.1, 0.15) is 51.5 Å². The topological polar surface area (TPSA) is 104 Å². The number of ether oxygens (including phenoxy) is 4. The predicted octanol–water partition coefficient (Wildman–Crippen LogP) is 3.91. The molecule has 1 aliphatic heterocycles. The number of methoxy groups -OCH3 is 1. The highest BCUT2D eigenvalue weighted by atomic mass is 16.5. The summed E-state index contributed by atoms with van der Waals surface area (Å²) in [6.45, 7) is 6.23. The Bertz CT molecular complexity index is 851. The van der Waals surface area contributed by atoms with E-state index in [4.69, 9.17) is 24.7 Å². The summed E-state index contributed by atoms with van der Waals surface area (Å²) >= 11 is 0. The van der Waals surface area contributed by atoms with Gasteiger partial charge < -0.3 is 24.7 Å². The van der Waals surface area contributed by atoms with Gasteiger partial charge in [-0.15, -0.1) is 0 Å². The lowest BCUT2D eigenvalue weighted by atomic mass is 9.83. The Kier molecular flexibility index (Phi) is 7.96. The SMILES string of the molecule is CCCCCOc1cc(C2C(C#N)=C(N)OC(C)=C2C(=O)OCC)ccc1OC. The first-order valence-electron chi connectivity index (χ1n) is 9.74. The minimum absolute atomic E-state index is 0.0238. The minimum atomic E-state index is -0.711. The van der Waals surface area contributed by atoms with E-state index in [1.165, 1.54) is 0 Å². The monoisotopic (exact) mass is 400 g/mol. The van der Waals surface area contributed by atoms with E-state index in [0.717, 1.165) is 19.3 Å². The third-order valence-electron chi connectivity index (χ3n) is 4.63. The molecule has 0 radical (unpaired) electrons. The zero-order chi connectivity index (χ0) is 21.4. The molecule has 29 heavy (non-hydrogen) atoms. The molecule has 2 rings (SSSR count). The van der Waals surface area contributed by atoms with Crippen LogP contribution in [-0.4, -0.2) is 26.3 Å². The molecule has 0 aromatic heterocycles. The number of nitrogens with two attached hydrogens (primary N) is 1. The van der Waals surface area contributed by atoms with Gasteiger partial charge in [0.2, 0.25) is 5.88 Å². The molecule has 0 aliphatic carbocycles. The van der Waals surface area contributed by atoms with Gasteiger partial charge in [0, 0.05) is 0 Å². The highest BCUT2D eigenvalue weighted by molar-refractivity contribution is 5.92. The van der Waals surface area contributed by atoms with Crippen molar-refractivity contribution in [3.05, 3.63) is 46.6 Å². The molecular formula is C22H28N2O5. The quantitative estimate of drug-likeness (QED) is 0.495. The Morgan fingerprint density at radius 2 is 2.03 bits per heavy atom. The fraction of sp³-hybridized carbons (Fsp3) is 0.455. The Balaban J connectivity index is 2.50. The zero-order valence-corrected chi connectivity index (χ0v) is 17.4. The standard InChI is InChI=1S/C22H28N2O5/c1-5-7-8-11-28-18-12-15(9-10-17(18)26-4)20-16(13-23)21(24)29-14(3)19(20)22(25)27-6-2/h9-10,12,20H,5-8,11,24H2,1-4H3. The molecule has 1 unspecified atom stereocenters. The number of unbranched alkanes of at least 4 members (excludes halogenated alkanes) is 2. The number of nitriles is 1. The smallest absolute Gasteiger partial charge is 0.338 e. The first kappa shape index (κ1) is 22.2. The second-order valence-corrected chi connectivity index (χ2v) is 6.58. The molecule has 0 saturated carbocycles. The van der Waals surface area contributed by atoms with Crippen LogP contribution in [0.25, 0.3) is 0 Å². The highest BCUT2D eigenvalue weighted by Crippen LogP contribution is 2.42. The van der Waals surface area contributed by atoms with Crippen molar-refractivity contribution in [2.45, 2.75) is 46.0 Å². The molecule has 7 heteroatoms. The Labute approximate surface area is 171 Å². The van der Waals surface area contributed by atoms with E-state index in [9.17, 15) is 10.1 Å². The average molecular weight is 400 g/mol. The number of carbonyl (C=O) groups is 1. The third kappa shape index (κ3) is 5.02. The molecule has 1 aromatic rings.